The highest BCUT2D eigenvalue weighted by molar-refractivity contribution is 6.05. The topological polar surface area (TPSA) is 153 Å². The third-order valence-corrected chi connectivity index (χ3v) is 6.98. The van der Waals surface area contributed by atoms with Gasteiger partial charge in [-0.1, -0.05) is 11.3 Å². The summed E-state index contributed by atoms with van der Waals surface area (Å²) in [7, 11) is 0. The molecule has 34 heavy (non-hydrogen) atoms. The van der Waals surface area contributed by atoms with E-state index in [1.165, 1.54) is 15.8 Å². The number of nitrogens with one attached hydrogen (secondary N) is 2. The van der Waals surface area contributed by atoms with Gasteiger partial charge in [0.25, 0.3) is 11.8 Å². The van der Waals surface area contributed by atoms with Crippen molar-refractivity contribution in [1.82, 2.24) is 30.5 Å². The van der Waals surface area contributed by atoms with Crippen LogP contribution in [0.2, 0.25) is 0 Å². The molecule has 4 amide bonds. The van der Waals surface area contributed by atoms with Crippen LogP contribution in [0.1, 0.15) is 52.1 Å². The molecule has 2 aromatic rings. The molecule has 1 aromatic heterocycles. The first-order valence-electron chi connectivity index (χ1n) is 11.1. The van der Waals surface area contributed by atoms with Gasteiger partial charge < -0.3 is 15.0 Å². The van der Waals surface area contributed by atoms with E-state index in [0.29, 0.717) is 30.5 Å². The molecule has 2 N–H and O–H groups in total. The number of nitrogens with zero attached hydrogens (tertiary/aromatic N) is 4. The monoisotopic (exact) mass is 464 g/mol. The Hall–Kier alpha value is -4.09. The van der Waals surface area contributed by atoms with E-state index in [1.807, 2.05) is 0 Å². The highest BCUT2D eigenvalue weighted by Crippen LogP contribution is 2.39. The van der Waals surface area contributed by atoms with Crippen molar-refractivity contribution in [2.75, 3.05) is 0 Å². The van der Waals surface area contributed by atoms with Crippen molar-refractivity contribution in [3.05, 3.63) is 41.2 Å². The average molecular weight is 464 g/mol. The largest absolute Gasteiger partial charge is 0.462 e. The molecular formula is C22H20N6O6. The fraction of sp³-hybridized carbons (Fsp3) is 0.409. The Bertz CT molecular complexity index is 1270. The molecule has 3 fully saturated rings. The van der Waals surface area contributed by atoms with E-state index in [9.17, 15) is 24.0 Å². The van der Waals surface area contributed by atoms with Crippen molar-refractivity contribution < 1.29 is 28.7 Å². The number of hydrogen-bond acceptors (Lipinski definition) is 8. The maximum Gasteiger partial charge on any atom is 0.306 e. The van der Waals surface area contributed by atoms with Crippen LogP contribution in [-0.4, -0.2) is 67.7 Å². The molecular weight excluding hydrogens is 444 g/mol. The van der Waals surface area contributed by atoms with E-state index in [1.54, 1.807) is 18.2 Å². The number of fused-ring (bicyclic) bond motifs is 2. The highest BCUT2D eigenvalue weighted by Gasteiger charge is 2.50. The van der Waals surface area contributed by atoms with Gasteiger partial charge in [0.05, 0.1) is 18.3 Å². The van der Waals surface area contributed by atoms with E-state index in [4.69, 9.17) is 4.74 Å². The summed E-state index contributed by atoms with van der Waals surface area (Å²) in [6, 6.07) is 4.37. The number of rotatable bonds is 4. The molecule has 12 heteroatoms. The fourth-order valence-electron chi connectivity index (χ4n) is 5.07. The van der Waals surface area contributed by atoms with Crippen molar-refractivity contribution in [1.29, 1.82) is 0 Å². The Labute approximate surface area is 192 Å². The van der Waals surface area contributed by atoms with Gasteiger partial charge in [-0.05, 0) is 24.1 Å². The second-order valence-corrected chi connectivity index (χ2v) is 9.00. The lowest BCUT2D eigenvalue weighted by Crippen LogP contribution is -2.53. The van der Waals surface area contributed by atoms with Crippen LogP contribution in [0.5, 0.6) is 0 Å². The summed E-state index contributed by atoms with van der Waals surface area (Å²) in [5.41, 5.74) is 1.87. The van der Waals surface area contributed by atoms with E-state index in [2.05, 4.69) is 20.9 Å². The molecule has 6 rings (SSSR count). The van der Waals surface area contributed by atoms with Gasteiger partial charge >= 0.3 is 5.97 Å². The van der Waals surface area contributed by atoms with Crippen molar-refractivity contribution in [2.24, 2.45) is 5.92 Å². The van der Waals surface area contributed by atoms with Gasteiger partial charge in [0, 0.05) is 36.9 Å². The Morgan fingerprint density at radius 3 is 2.85 bits per heavy atom. The van der Waals surface area contributed by atoms with Crippen molar-refractivity contribution in [3.63, 3.8) is 0 Å². The summed E-state index contributed by atoms with van der Waals surface area (Å²) in [5.74, 6) is -1.72. The quantitative estimate of drug-likeness (QED) is 0.452. The molecule has 174 valence electrons. The number of piperidine rings is 1. The number of carbonyl (C=O) groups excluding carboxylic acids is 5. The van der Waals surface area contributed by atoms with Crippen LogP contribution < -0.4 is 10.6 Å². The number of benzene rings is 1. The minimum atomic E-state index is -0.686. The summed E-state index contributed by atoms with van der Waals surface area (Å²) in [6.07, 6.45) is 2.74. The predicted octanol–water partition coefficient (Wildman–Crippen LogP) is -0.538. The van der Waals surface area contributed by atoms with Gasteiger partial charge in [0.2, 0.25) is 11.8 Å². The van der Waals surface area contributed by atoms with Gasteiger partial charge in [-0.25, -0.2) is 4.68 Å². The van der Waals surface area contributed by atoms with Crippen molar-refractivity contribution >= 4 is 29.6 Å². The molecule has 1 aromatic carbocycles. The highest BCUT2D eigenvalue weighted by atomic mass is 16.6. The Balaban J connectivity index is 1.16. The molecule has 1 unspecified atom stereocenters. The average Bonchev–Trinajstić information content (AvgIpc) is 3.49. The van der Waals surface area contributed by atoms with E-state index in [0.717, 1.165) is 5.56 Å². The number of carbonyl (C=O) groups is 5. The lowest BCUT2D eigenvalue weighted by atomic mass is 9.76. The lowest BCUT2D eigenvalue weighted by Gasteiger charge is -2.37. The van der Waals surface area contributed by atoms with Crippen LogP contribution in [0.25, 0.3) is 5.69 Å². The fourth-order valence-corrected chi connectivity index (χ4v) is 5.07. The van der Waals surface area contributed by atoms with Gasteiger partial charge in [-0.2, -0.15) is 0 Å². The van der Waals surface area contributed by atoms with E-state index >= 15 is 0 Å². The number of aromatic nitrogens is 3. The Morgan fingerprint density at radius 1 is 1.21 bits per heavy atom. The smallest absolute Gasteiger partial charge is 0.306 e. The normalized spacial score (nSPS) is 27.6. The molecule has 2 saturated heterocycles. The number of ether oxygens (including phenoxy) is 1. The summed E-state index contributed by atoms with van der Waals surface area (Å²) < 4.78 is 6.56. The van der Waals surface area contributed by atoms with Crippen LogP contribution in [0.4, 0.5) is 0 Å². The molecule has 4 atom stereocenters. The number of esters is 1. The van der Waals surface area contributed by atoms with Gasteiger partial charge in [-0.15, -0.1) is 5.10 Å². The third-order valence-electron chi connectivity index (χ3n) is 6.98. The van der Waals surface area contributed by atoms with E-state index in [-0.39, 0.29) is 54.5 Å². The molecule has 0 spiro atoms. The van der Waals surface area contributed by atoms with Gasteiger partial charge in [0.1, 0.15) is 12.1 Å². The Morgan fingerprint density at radius 2 is 2.06 bits per heavy atom. The predicted molar refractivity (Wildman–Crippen MR) is 111 cm³/mol. The SMILES string of the molecule is O=C1CCC(N2Cc3ccc(-n4cc(C(=O)N[C@@H]5C[C@H]6OC(=O)C[C@@H]56)nn4)cc3C2=O)C(=O)N1. The first kappa shape index (κ1) is 20.5. The van der Waals surface area contributed by atoms with Gasteiger partial charge in [-0.3, -0.25) is 29.3 Å². The van der Waals surface area contributed by atoms with Crippen LogP contribution in [0.15, 0.2) is 24.4 Å². The summed E-state index contributed by atoms with van der Waals surface area (Å²) >= 11 is 0. The molecule has 4 heterocycles. The molecule has 12 nitrogen and oxygen atoms in total. The zero-order chi connectivity index (χ0) is 23.6. The third kappa shape index (κ3) is 3.25. The van der Waals surface area contributed by atoms with Crippen LogP contribution in [-0.2, 0) is 25.7 Å². The van der Waals surface area contributed by atoms with Crippen LogP contribution in [0, 0.1) is 5.92 Å². The van der Waals surface area contributed by atoms with Crippen molar-refractivity contribution in [3.8, 4) is 5.69 Å². The lowest BCUT2D eigenvalue weighted by molar-refractivity contribution is -0.143. The standard InChI is InChI=1S/C22H20N6O6/c29-18-4-3-16(21(32)24-18)27-8-10-1-2-11(5-12(10)22(27)33)28-9-15(25-26-28)20(31)23-14-7-17-13(14)6-19(30)34-17/h1-2,5,9,13-14,16-17H,3-4,6-8H2,(H,23,31)(H,24,29,32)/t13-,14+,16?,17+/m0/s1. The number of imide groups is 1. The molecule has 0 bridgehead atoms. The van der Waals surface area contributed by atoms with E-state index < -0.39 is 17.9 Å². The second-order valence-electron chi connectivity index (χ2n) is 9.00. The van der Waals surface area contributed by atoms with Crippen LogP contribution in [0.3, 0.4) is 0 Å². The zero-order valence-corrected chi connectivity index (χ0v) is 17.9. The maximum absolute atomic E-state index is 13.0. The van der Waals surface area contributed by atoms with Crippen molar-refractivity contribution in [2.45, 2.75) is 50.4 Å². The molecule has 0 radical (unpaired) electrons. The summed E-state index contributed by atoms with van der Waals surface area (Å²) in [5, 5.41) is 13.1. The molecule has 1 saturated carbocycles. The molecule has 4 aliphatic rings. The zero-order valence-electron chi connectivity index (χ0n) is 17.9. The van der Waals surface area contributed by atoms with Crippen LogP contribution >= 0.6 is 0 Å². The summed E-state index contributed by atoms with van der Waals surface area (Å²) in [6.45, 7) is 0.279. The maximum atomic E-state index is 13.0. The minimum absolute atomic E-state index is 0.00142. The second kappa shape index (κ2) is 7.47. The summed E-state index contributed by atoms with van der Waals surface area (Å²) in [4.78, 5) is 62.1. The Kier molecular flexibility index (Phi) is 4.51. The number of hydrogen-bond donors (Lipinski definition) is 2. The first-order valence-corrected chi connectivity index (χ1v) is 11.1. The minimum Gasteiger partial charge on any atom is -0.462 e. The number of amides is 4. The molecule has 3 aliphatic heterocycles. The molecule has 1 aliphatic carbocycles. The van der Waals surface area contributed by atoms with Gasteiger partial charge in [0.15, 0.2) is 5.69 Å². The first-order chi connectivity index (χ1) is 16.4.